The molecule has 12 aromatic rings. The number of carbonyl (C=O) groups excluding carboxylic acids is 6. The zero-order valence-electron chi connectivity index (χ0n) is 53.9. The van der Waals surface area contributed by atoms with E-state index in [4.69, 9.17) is 23.2 Å². The molecule has 0 saturated carbocycles. The van der Waals surface area contributed by atoms with Crippen LogP contribution in [-0.2, 0) is 19.2 Å². The molecule has 3 aliphatic heterocycles. The van der Waals surface area contributed by atoms with E-state index in [1.165, 1.54) is 103 Å². The van der Waals surface area contributed by atoms with Gasteiger partial charge in [0, 0.05) is 6.92 Å². The molecule has 0 saturated heterocycles. The first-order valence-electron chi connectivity index (χ1n) is 30.5. The molecule has 100 heavy (non-hydrogen) atoms. The number of thiazole rings is 3. The molecule has 0 fully saturated rings. The zero-order chi connectivity index (χ0) is 71.3. The van der Waals surface area contributed by atoms with Gasteiger partial charge in [0.1, 0.15) is 34.5 Å². The second-order valence-electron chi connectivity index (χ2n) is 23.4. The molecule has 3 amide bonds. The molecule has 0 aliphatic carbocycles. The number of carbonyl (C=O) groups is 7. The first-order valence-corrected chi connectivity index (χ1v) is 33.0. The van der Waals surface area contributed by atoms with Gasteiger partial charge in [-0.3, -0.25) is 48.3 Å². The largest absolute Gasteiger partial charge is 0.508 e. The van der Waals surface area contributed by atoms with Crippen LogP contribution < -0.4 is 14.7 Å². The molecule has 26 heteroatoms. The van der Waals surface area contributed by atoms with Crippen molar-refractivity contribution in [3.8, 4) is 17.2 Å². The fourth-order valence-electron chi connectivity index (χ4n) is 11.6. The van der Waals surface area contributed by atoms with Gasteiger partial charge in [0.05, 0.1) is 65.5 Å². The van der Waals surface area contributed by atoms with E-state index in [9.17, 15) is 59.4 Å². The van der Waals surface area contributed by atoms with E-state index in [1.807, 2.05) is 75.4 Å². The van der Waals surface area contributed by atoms with E-state index < -0.39 is 76.4 Å². The molecule has 3 unspecified atom stereocenters. The van der Waals surface area contributed by atoms with Crippen LogP contribution in [0.1, 0.15) is 107 Å². The van der Waals surface area contributed by atoms with E-state index in [-0.39, 0.29) is 51.2 Å². The second-order valence-corrected chi connectivity index (χ2v) is 26.5. The fourth-order valence-corrected chi connectivity index (χ4v) is 14.8. The number of amides is 3. The molecule has 0 bridgehead atoms. The Labute approximate surface area is 579 Å². The van der Waals surface area contributed by atoms with E-state index in [2.05, 4.69) is 15.0 Å². The number of aliphatic carboxylic acids is 1. The number of aliphatic hydroxyl groups excluding tert-OH is 3. The summed E-state index contributed by atoms with van der Waals surface area (Å²) in [5.41, 5.74) is 6.30. The molecule has 6 aromatic carbocycles. The summed E-state index contributed by atoms with van der Waals surface area (Å²) < 4.78 is 19.0. The third kappa shape index (κ3) is 13.2. The molecular formula is C74H58N6O17S3. The molecule has 23 nitrogen and oxygen atoms in total. The van der Waals surface area contributed by atoms with Crippen molar-refractivity contribution < 1.29 is 82.6 Å². The minimum atomic E-state index is -0.978. The number of Topliss-reactive ketones (excluding diaryl/α,β-unsaturated/α-hetero) is 3. The van der Waals surface area contributed by atoms with Gasteiger partial charge in [-0.05, 0) is 184 Å². The molecule has 6 aromatic heterocycles. The number of anilines is 3. The maximum absolute atomic E-state index is 13.3. The number of nitrogens with zero attached hydrogens (tertiary/aromatic N) is 6. The van der Waals surface area contributed by atoms with Crippen LogP contribution in [0.15, 0.2) is 211 Å². The highest BCUT2D eigenvalue weighted by atomic mass is 32.1. The molecule has 0 radical (unpaired) electrons. The van der Waals surface area contributed by atoms with Gasteiger partial charge in [-0.25, -0.2) is 15.0 Å². The number of aromatic hydroxyl groups is 3. The van der Waals surface area contributed by atoms with Crippen LogP contribution in [0.3, 0.4) is 0 Å². The average molecular weight is 1400 g/mol. The average Bonchev–Trinajstić information content (AvgIpc) is 1.60. The van der Waals surface area contributed by atoms with E-state index in [0.717, 1.165) is 37.7 Å². The number of rotatable bonds is 12. The number of ketones is 3. The lowest BCUT2D eigenvalue weighted by Crippen LogP contribution is -2.30. The third-order valence-electron chi connectivity index (χ3n) is 16.0. The number of carboxylic acid groups (broad SMARTS) is 1. The maximum Gasteiger partial charge on any atom is 0.300 e. The van der Waals surface area contributed by atoms with E-state index >= 15 is 0 Å². The number of hydrogen-bond acceptors (Lipinski definition) is 22. The summed E-state index contributed by atoms with van der Waals surface area (Å²) in [6.07, 6.45) is 0. The van der Waals surface area contributed by atoms with Gasteiger partial charge in [-0.2, -0.15) is 0 Å². The van der Waals surface area contributed by atoms with E-state index in [1.54, 1.807) is 75.4 Å². The van der Waals surface area contributed by atoms with Crippen LogP contribution in [0.2, 0.25) is 0 Å². The highest BCUT2D eigenvalue weighted by molar-refractivity contribution is 7.23. The van der Waals surface area contributed by atoms with Crippen molar-refractivity contribution in [1.29, 1.82) is 0 Å². The van der Waals surface area contributed by atoms with Gasteiger partial charge in [0.25, 0.3) is 23.7 Å². The van der Waals surface area contributed by atoms with Crippen molar-refractivity contribution >= 4 is 121 Å². The SMILES string of the molecule is CC(=O)O.Cc1ccc2nc(N3C(=O)C(O)=C(C(=O)c4ccc(C)o4)C3c3cccc(O)c3)sc2c1.Cc1ccc2nc(N3C(=O)C(O)=C(C(=O)c4ccc(C)o4)C3c3cccc(O)c3)sc2c1.Cc1ccc2nc(N3C(=O)C(O)=C(C(=O)c4ccc(C)o4)C3c3cccc(O)c3)sc2c1. The lowest BCUT2D eigenvalue weighted by Gasteiger charge is -2.24. The van der Waals surface area contributed by atoms with Crippen LogP contribution in [0.4, 0.5) is 15.4 Å². The number of carboxylic acids is 1. The molecule has 0 spiro atoms. The number of hydrogen-bond donors (Lipinski definition) is 7. The number of aromatic nitrogens is 3. The predicted molar refractivity (Wildman–Crippen MR) is 374 cm³/mol. The van der Waals surface area contributed by atoms with Gasteiger partial charge in [0.2, 0.25) is 17.3 Å². The van der Waals surface area contributed by atoms with Crippen LogP contribution in [0, 0.1) is 41.5 Å². The summed E-state index contributed by atoms with van der Waals surface area (Å²) in [6, 6.07) is 42.5. The number of phenols is 3. The Morgan fingerprint density at radius 3 is 0.870 bits per heavy atom. The van der Waals surface area contributed by atoms with Crippen molar-refractivity contribution in [2.24, 2.45) is 0 Å². The number of benzene rings is 6. The summed E-state index contributed by atoms with van der Waals surface area (Å²) in [7, 11) is 0. The van der Waals surface area contributed by atoms with Gasteiger partial charge >= 0.3 is 0 Å². The predicted octanol–water partition coefficient (Wildman–Crippen LogP) is 15.1. The molecule has 504 valence electrons. The van der Waals surface area contributed by atoms with Crippen molar-refractivity contribution in [3.63, 3.8) is 0 Å². The van der Waals surface area contributed by atoms with Crippen molar-refractivity contribution in [3.05, 3.63) is 266 Å². The smallest absolute Gasteiger partial charge is 0.300 e. The Kier molecular flexibility index (Phi) is 18.5. The van der Waals surface area contributed by atoms with Crippen molar-refractivity contribution in [2.75, 3.05) is 14.7 Å². The Morgan fingerprint density at radius 2 is 0.640 bits per heavy atom. The number of aryl methyl sites for hydroxylation is 6. The second kappa shape index (κ2) is 27.3. The van der Waals surface area contributed by atoms with Gasteiger partial charge in [0.15, 0.2) is 50.0 Å². The summed E-state index contributed by atoms with van der Waals surface area (Å²) >= 11 is 3.87. The third-order valence-corrected chi connectivity index (χ3v) is 19.1. The van der Waals surface area contributed by atoms with Crippen LogP contribution >= 0.6 is 34.0 Å². The normalized spacial score (nSPS) is 16.0. The van der Waals surface area contributed by atoms with Crippen LogP contribution in [0.5, 0.6) is 17.2 Å². The monoisotopic (exact) mass is 1400 g/mol. The molecule has 9 heterocycles. The molecule has 3 aliphatic rings. The van der Waals surface area contributed by atoms with Gasteiger partial charge < -0.3 is 49.0 Å². The molecule has 3 atom stereocenters. The van der Waals surface area contributed by atoms with Crippen LogP contribution in [0.25, 0.3) is 30.6 Å². The van der Waals surface area contributed by atoms with Gasteiger partial charge in [-0.1, -0.05) is 88.6 Å². The fraction of sp³-hybridized carbons (Fsp3) is 0.135. The minimum absolute atomic E-state index is 0.0174. The van der Waals surface area contributed by atoms with E-state index in [0.29, 0.717) is 65.9 Å². The highest BCUT2D eigenvalue weighted by Gasteiger charge is 2.50. The maximum atomic E-state index is 13.3. The number of furan rings is 3. The summed E-state index contributed by atoms with van der Waals surface area (Å²) in [6.45, 7) is 12.1. The topological polar surface area (TPSA) is 349 Å². The number of phenolic OH excluding ortho intramolecular Hbond substituents is 3. The Balaban J connectivity index is 0.000000138. The van der Waals surface area contributed by atoms with Crippen molar-refractivity contribution in [1.82, 2.24) is 15.0 Å². The summed E-state index contributed by atoms with van der Waals surface area (Å²) in [5, 5.41) is 71.0. The number of aliphatic hydroxyl groups is 3. The highest BCUT2D eigenvalue weighted by Crippen LogP contribution is 2.49. The van der Waals surface area contributed by atoms with Crippen LogP contribution in [-0.4, -0.2) is 91.7 Å². The molecular weight excluding hydrogens is 1340 g/mol. The van der Waals surface area contributed by atoms with Crippen molar-refractivity contribution in [2.45, 2.75) is 66.6 Å². The molecule has 7 N–H and O–H groups in total. The molecule has 15 rings (SSSR count). The summed E-state index contributed by atoms with van der Waals surface area (Å²) in [5.74, 6) is -5.25. The summed E-state index contributed by atoms with van der Waals surface area (Å²) in [4.78, 5) is 106. The minimum Gasteiger partial charge on any atom is -0.508 e. The lowest BCUT2D eigenvalue weighted by molar-refractivity contribution is -0.134. The Bertz CT molecular complexity index is 4930. The lowest BCUT2D eigenvalue weighted by atomic mass is 9.95. The Morgan fingerprint density at radius 1 is 0.380 bits per heavy atom. The first kappa shape index (κ1) is 67.7. The standard InChI is InChI=1S/3C24H18N2O5S.C2H4O2/c3*1-12-6-8-16-18(10-12)32-24(25-16)26-20(14-4-3-5-15(27)11-14)19(22(29)23(26)30)21(28)17-9-7-13(2)31-17;1-2(3)4/h3*3-11,20,27,29H,1-2H3;1H3,(H,3,4). The zero-order valence-corrected chi connectivity index (χ0v) is 56.4. The first-order chi connectivity index (χ1) is 47.7. The Hall–Kier alpha value is -12.3. The number of fused-ring (bicyclic) bond motifs is 3. The quantitative estimate of drug-likeness (QED) is 0.0559. The van der Waals surface area contributed by atoms with Gasteiger partial charge in [-0.15, -0.1) is 0 Å².